The summed E-state index contributed by atoms with van der Waals surface area (Å²) >= 11 is 0. The number of aliphatic carboxylic acids is 1. The van der Waals surface area contributed by atoms with Crippen molar-refractivity contribution in [2.24, 2.45) is 5.73 Å². The molecule has 0 aromatic heterocycles. The molecular weight excluding hydrogens is 308 g/mol. The fraction of sp³-hybridized carbons (Fsp3) is 0.500. The highest BCUT2D eigenvalue weighted by Gasteiger charge is 2.47. The number of primary amides is 1. The van der Waals surface area contributed by atoms with Gasteiger partial charge in [-0.1, -0.05) is 0 Å². The molecule has 0 fully saturated rings. The van der Waals surface area contributed by atoms with Gasteiger partial charge in [0.2, 0.25) is 5.91 Å². The van der Waals surface area contributed by atoms with Crippen LogP contribution in [0, 0.1) is 27.7 Å². The first-order valence-electron chi connectivity index (χ1n) is 7.95. The third-order valence-corrected chi connectivity index (χ3v) is 5.51. The number of carbonyl (C=O) groups is 3. The molecule has 1 aliphatic rings. The van der Waals surface area contributed by atoms with Gasteiger partial charge in [0, 0.05) is 18.5 Å². The second-order valence-corrected chi connectivity index (χ2v) is 6.79. The number of carbonyl (C=O) groups excluding carboxylic acids is 2. The second-order valence-electron chi connectivity index (χ2n) is 6.79. The lowest BCUT2D eigenvalue weighted by Crippen LogP contribution is -2.53. The van der Waals surface area contributed by atoms with E-state index in [2.05, 4.69) is 0 Å². The Hall–Kier alpha value is -2.37. The van der Waals surface area contributed by atoms with Crippen LogP contribution in [0.3, 0.4) is 0 Å². The molecule has 0 saturated carbocycles. The van der Waals surface area contributed by atoms with Crippen molar-refractivity contribution in [3.63, 3.8) is 0 Å². The van der Waals surface area contributed by atoms with Crippen molar-refractivity contribution in [3.05, 3.63) is 33.4 Å². The van der Waals surface area contributed by atoms with E-state index in [9.17, 15) is 19.5 Å². The van der Waals surface area contributed by atoms with Crippen LogP contribution in [0.5, 0.6) is 0 Å². The standard InChI is InChI=1S/C18H24N2O4/c1-9-10(2)12(4)15-13(11(9)3)8-20(16(15)22)18(5,17(23)24)7-6-14(19)21/h6-8H2,1-5H3,(H2,19,21)(H,23,24). The Labute approximate surface area is 141 Å². The molecule has 1 aliphatic heterocycles. The molecule has 24 heavy (non-hydrogen) atoms. The Morgan fingerprint density at radius 3 is 2.17 bits per heavy atom. The molecule has 2 rings (SSSR count). The second kappa shape index (κ2) is 5.92. The number of carboxylic acid groups (broad SMARTS) is 1. The smallest absolute Gasteiger partial charge is 0.329 e. The topological polar surface area (TPSA) is 101 Å². The summed E-state index contributed by atoms with van der Waals surface area (Å²) in [5, 5.41) is 9.70. The molecule has 6 nitrogen and oxygen atoms in total. The number of hydrogen-bond donors (Lipinski definition) is 2. The average Bonchev–Trinajstić information content (AvgIpc) is 2.86. The first-order valence-corrected chi connectivity index (χ1v) is 7.95. The van der Waals surface area contributed by atoms with Gasteiger partial charge in [0.25, 0.3) is 5.91 Å². The molecule has 130 valence electrons. The van der Waals surface area contributed by atoms with E-state index in [1.54, 1.807) is 0 Å². The van der Waals surface area contributed by atoms with E-state index in [4.69, 9.17) is 5.73 Å². The van der Waals surface area contributed by atoms with E-state index < -0.39 is 17.4 Å². The third-order valence-electron chi connectivity index (χ3n) is 5.51. The lowest BCUT2D eigenvalue weighted by molar-refractivity contribution is -0.149. The van der Waals surface area contributed by atoms with Crippen LogP contribution in [0.2, 0.25) is 0 Å². The summed E-state index contributed by atoms with van der Waals surface area (Å²) in [6.07, 6.45) is -0.0909. The lowest BCUT2D eigenvalue weighted by Gasteiger charge is -2.34. The van der Waals surface area contributed by atoms with Crippen molar-refractivity contribution in [2.45, 2.75) is 59.5 Å². The van der Waals surface area contributed by atoms with Crippen LogP contribution < -0.4 is 5.73 Å². The number of hydrogen-bond acceptors (Lipinski definition) is 3. The number of nitrogens with zero attached hydrogens (tertiary/aromatic N) is 1. The molecular formula is C18H24N2O4. The van der Waals surface area contributed by atoms with Gasteiger partial charge in [-0.15, -0.1) is 0 Å². The van der Waals surface area contributed by atoms with Crippen molar-refractivity contribution in [2.75, 3.05) is 0 Å². The number of amides is 2. The fourth-order valence-electron chi connectivity index (χ4n) is 3.36. The van der Waals surface area contributed by atoms with Crippen LogP contribution in [-0.2, 0) is 16.1 Å². The van der Waals surface area contributed by atoms with Gasteiger partial charge in [0.1, 0.15) is 5.54 Å². The van der Waals surface area contributed by atoms with Gasteiger partial charge >= 0.3 is 5.97 Å². The van der Waals surface area contributed by atoms with Crippen LogP contribution in [0.25, 0.3) is 0 Å². The van der Waals surface area contributed by atoms with Crippen molar-refractivity contribution in [3.8, 4) is 0 Å². The normalized spacial score (nSPS) is 16.0. The molecule has 0 spiro atoms. The summed E-state index contributed by atoms with van der Waals surface area (Å²) < 4.78 is 0. The number of fused-ring (bicyclic) bond motifs is 1. The Morgan fingerprint density at radius 1 is 1.12 bits per heavy atom. The maximum Gasteiger partial charge on any atom is 0.329 e. The van der Waals surface area contributed by atoms with Gasteiger partial charge < -0.3 is 15.7 Å². The lowest BCUT2D eigenvalue weighted by atomic mass is 9.90. The van der Waals surface area contributed by atoms with E-state index in [0.29, 0.717) is 5.56 Å². The van der Waals surface area contributed by atoms with Gasteiger partial charge in [-0.2, -0.15) is 0 Å². The summed E-state index contributed by atoms with van der Waals surface area (Å²) in [5.41, 5.74) is 9.27. The molecule has 0 saturated heterocycles. The van der Waals surface area contributed by atoms with Crippen molar-refractivity contribution in [1.82, 2.24) is 4.90 Å². The van der Waals surface area contributed by atoms with E-state index in [0.717, 1.165) is 27.8 Å². The maximum atomic E-state index is 13.0. The van der Waals surface area contributed by atoms with Crippen LogP contribution in [0.15, 0.2) is 0 Å². The van der Waals surface area contributed by atoms with Gasteiger partial charge in [-0.25, -0.2) is 4.79 Å². The first kappa shape index (κ1) is 18.0. The highest BCUT2D eigenvalue weighted by molar-refractivity contribution is 6.03. The fourth-order valence-corrected chi connectivity index (χ4v) is 3.36. The highest BCUT2D eigenvalue weighted by atomic mass is 16.4. The Morgan fingerprint density at radius 2 is 1.67 bits per heavy atom. The molecule has 0 aliphatic carbocycles. The monoisotopic (exact) mass is 332 g/mol. The van der Waals surface area contributed by atoms with Crippen molar-refractivity contribution >= 4 is 17.8 Å². The zero-order valence-electron chi connectivity index (χ0n) is 14.8. The largest absolute Gasteiger partial charge is 0.480 e. The molecule has 1 atom stereocenters. The van der Waals surface area contributed by atoms with E-state index in [-0.39, 0.29) is 25.3 Å². The minimum absolute atomic E-state index is 0.00649. The van der Waals surface area contributed by atoms with E-state index in [1.807, 2.05) is 27.7 Å². The third kappa shape index (κ3) is 2.56. The number of rotatable bonds is 5. The van der Waals surface area contributed by atoms with Crippen LogP contribution in [-0.4, -0.2) is 33.3 Å². The molecule has 0 radical (unpaired) electrons. The summed E-state index contributed by atoms with van der Waals surface area (Å²) in [7, 11) is 0. The first-order chi connectivity index (χ1) is 11.0. The molecule has 3 N–H and O–H groups in total. The molecule has 2 amide bonds. The van der Waals surface area contributed by atoms with Gasteiger partial charge in [-0.3, -0.25) is 9.59 Å². The molecule has 1 unspecified atom stereocenters. The number of carboxylic acids is 1. The quantitative estimate of drug-likeness (QED) is 0.861. The minimum atomic E-state index is -1.47. The van der Waals surface area contributed by atoms with Gasteiger partial charge in [0.15, 0.2) is 0 Å². The summed E-state index contributed by atoms with van der Waals surface area (Å²) in [6, 6.07) is 0. The van der Waals surface area contributed by atoms with E-state index >= 15 is 0 Å². The maximum absolute atomic E-state index is 13.0. The summed E-state index contributed by atoms with van der Waals surface area (Å²) in [6.45, 7) is 9.55. The average molecular weight is 332 g/mol. The van der Waals surface area contributed by atoms with Crippen LogP contribution >= 0.6 is 0 Å². The van der Waals surface area contributed by atoms with Crippen molar-refractivity contribution < 1.29 is 19.5 Å². The zero-order valence-corrected chi connectivity index (χ0v) is 14.8. The summed E-state index contributed by atoms with van der Waals surface area (Å²) in [5.74, 6) is -2.00. The van der Waals surface area contributed by atoms with Gasteiger partial charge in [-0.05, 0) is 68.9 Å². The zero-order chi connectivity index (χ0) is 18.4. The number of benzene rings is 1. The molecule has 1 heterocycles. The Bertz CT molecular complexity index is 754. The van der Waals surface area contributed by atoms with Crippen LogP contribution in [0.4, 0.5) is 0 Å². The number of nitrogens with two attached hydrogens (primary N) is 1. The van der Waals surface area contributed by atoms with E-state index in [1.165, 1.54) is 11.8 Å². The Kier molecular flexibility index (Phi) is 4.44. The molecule has 6 heteroatoms. The Balaban J connectivity index is 2.53. The van der Waals surface area contributed by atoms with Crippen molar-refractivity contribution in [1.29, 1.82) is 0 Å². The highest BCUT2D eigenvalue weighted by Crippen LogP contribution is 2.38. The predicted molar refractivity (Wildman–Crippen MR) is 89.7 cm³/mol. The molecule has 1 aromatic carbocycles. The minimum Gasteiger partial charge on any atom is -0.480 e. The van der Waals surface area contributed by atoms with Gasteiger partial charge in [0.05, 0.1) is 0 Å². The SMILES string of the molecule is Cc1c(C)c(C)c2c(c1C)CN(C(C)(CCC(N)=O)C(=O)O)C2=O. The predicted octanol–water partition coefficient (Wildman–Crippen LogP) is 1.98. The molecule has 0 bridgehead atoms. The summed E-state index contributed by atoms with van der Waals surface area (Å²) in [4.78, 5) is 37.3. The molecule has 1 aromatic rings. The van der Waals surface area contributed by atoms with Crippen LogP contribution in [0.1, 0.15) is 57.9 Å².